The van der Waals surface area contributed by atoms with Crippen LogP contribution in [0.3, 0.4) is 0 Å². The summed E-state index contributed by atoms with van der Waals surface area (Å²) in [4.78, 5) is 2.54. The van der Waals surface area contributed by atoms with Crippen LogP contribution in [0.4, 0.5) is 0 Å². The molecule has 0 fully saturated rings. The minimum atomic E-state index is -0.162. The Morgan fingerprint density at radius 3 is 2.09 bits per heavy atom. The molecule has 0 atom stereocenters. The number of aryl methyl sites for hydroxylation is 1. The molecular formula is C20H35NO. The van der Waals surface area contributed by atoms with Crippen molar-refractivity contribution >= 4 is 0 Å². The summed E-state index contributed by atoms with van der Waals surface area (Å²) in [7, 11) is 0. The molecule has 1 aromatic carbocycles. The first-order valence-electron chi connectivity index (χ1n) is 8.65. The van der Waals surface area contributed by atoms with Crippen LogP contribution in [0.2, 0.25) is 0 Å². The number of ether oxygens (including phenoxy) is 1. The van der Waals surface area contributed by atoms with Gasteiger partial charge in [0.25, 0.3) is 0 Å². The summed E-state index contributed by atoms with van der Waals surface area (Å²) in [6, 6.07) is 8.35. The van der Waals surface area contributed by atoms with Crippen LogP contribution in [0.5, 0.6) is 5.75 Å². The molecule has 0 saturated carbocycles. The van der Waals surface area contributed by atoms with Gasteiger partial charge in [-0.05, 0) is 64.3 Å². The maximum atomic E-state index is 6.25. The maximum Gasteiger partial charge on any atom is 0.120 e. The van der Waals surface area contributed by atoms with Crippen molar-refractivity contribution in [1.82, 2.24) is 4.90 Å². The van der Waals surface area contributed by atoms with Gasteiger partial charge in [-0.3, -0.25) is 0 Å². The van der Waals surface area contributed by atoms with E-state index in [0.717, 1.165) is 25.3 Å². The number of hydrogen-bond acceptors (Lipinski definition) is 2. The van der Waals surface area contributed by atoms with Gasteiger partial charge in [0.1, 0.15) is 11.4 Å². The molecule has 0 unspecified atom stereocenters. The topological polar surface area (TPSA) is 12.5 Å². The molecule has 0 amide bonds. The summed E-state index contributed by atoms with van der Waals surface area (Å²) in [6.45, 7) is 19.1. The molecule has 0 aliphatic heterocycles. The molecule has 0 aliphatic carbocycles. The van der Waals surface area contributed by atoms with Crippen molar-refractivity contribution in [2.75, 3.05) is 19.6 Å². The standard InChI is InChI=1S/C20H35NO/c1-8-14-21(9-2)16-19(4,5)15-20(6,7)22-18-12-10-17(3)11-13-18/h10-13H,8-9,14-16H2,1-7H3. The Hall–Kier alpha value is -1.02. The highest BCUT2D eigenvalue weighted by atomic mass is 16.5. The second-order valence-corrected chi connectivity index (χ2v) is 7.88. The fourth-order valence-corrected chi connectivity index (χ4v) is 3.44. The van der Waals surface area contributed by atoms with Crippen LogP contribution in [0.15, 0.2) is 24.3 Å². The lowest BCUT2D eigenvalue weighted by Crippen LogP contribution is -2.41. The van der Waals surface area contributed by atoms with E-state index in [1.54, 1.807) is 0 Å². The fourth-order valence-electron chi connectivity index (χ4n) is 3.44. The summed E-state index contributed by atoms with van der Waals surface area (Å²) < 4.78 is 6.25. The van der Waals surface area contributed by atoms with E-state index in [9.17, 15) is 0 Å². The van der Waals surface area contributed by atoms with Crippen LogP contribution in [-0.4, -0.2) is 30.1 Å². The van der Waals surface area contributed by atoms with E-state index in [1.165, 1.54) is 18.5 Å². The predicted molar refractivity (Wildman–Crippen MR) is 96.7 cm³/mol. The third-order valence-corrected chi connectivity index (χ3v) is 3.96. The van der Waals surface area contributed by atoms with E-state index in [4.69, 9.17) is 4.74 Å². The molecular weight excluding hydrogens is 270 g/mol. The molecule has 0 spiro atoms. The van der Waals surface area contributed by atoms with E-state index >= 15 is 0 Å². The van der Waals surface area contributed by atoms with Gasteiger partial charge in [-0.2, -0.15) is 0 Å². The zero-order valence-electron chi connectivity index (χ0n) is 15.7. The van der Waals surface area contributed by atoms with E-state index < -0.39 is 0 Å². The highest BCUT2D eigenvalue weighted by molar-refractivity contribution is 5.26. The van der Waals surface area contributed by atoms with Gasteiger partial charge < -0.3 is 9.64 Å². The summed E-state index contributed by atoms with van der Waals surface area (Å²) >= 11 is 0. The molecule has 2 heteroatoms. The molecule has 22 heavy (non-hydrogen) atoms. The average Bonchev–Trinajstić information content (AvgIpc) is 2.39. The summed E-state index contributed by atoms with van der Waals surface area (Å²) in [5.41, 5.74) is 1.34. The van der Waals surface area contributed by atoms with Crippen molar-refractivity contribution in [1.29, 1.82) is 0 Å². The molecule has 0 aliphatic rings. The number of benzene rings is 1. The lowest BCUT2D eigenvalue weighted by atomic mass is 9.81. The van der Waals surface area contributed by atoms with Crippen molar-refractivity contribution in [3.63, 3.8) is 0 Å². The number of hydrogen-bond donors (Lipinski definition) is 0. The summed E-state index contributed by atoms with van der Waals surface area (Å²) in [5.74, 6) is 0.965. The third kappa shape index (κ3) is 6.83. The molecule has 0 bridgehead atoms. The highest BCUT2D eigenvalue weighted by Gasteiger charge is 2.31. The maximum absolute atomic E-state index is 6.25. The zero-order chi connectivity index (χ0) is 16.8. The molecule has 1 rings (SSSR count). The largest absolute Gasteiger partial charge is 0.488 e. The van der Waals surface area contributed by atoms with E-state index in [2.05, 4.69) is 77.6 Å². The molecule has 0 heterocycles. The molecule has 126 valence electrons. The van der Waals surface area contributed by atoms with Crippen molar-refractivity contribution in [3.05, 3.63) is 29.8 Å². The highest BCUT2D eigenvalue weighted by Crippen LogP contribution is 2.32. The zero-order valence-corrected chi connectivity index (χ0v) is 15.7. The normalized spacial score (nSPS) is 12.7. The minimum Gasteiger partial charge on any atom is -0.488 e. The van der Waals surface area contributed by atoms with Gasteiger partial charge in [0.2, 0.25) is 0 Å². The van der Waals surface area contributed by atoms with Crippen LogP contribution in [0, 0.1) is 12.3 Å². The van der Waals surface area contributed by atoms with E-state index in [0.29, 0.717) is 0 Å². The molecule has 0 N–H and O–H groups in total. The van der Waals surface area contributed by atoms with Gasteiger partial charge in [0.05, 0.1) is 0 Å². The molecule has 0 radical (unpaired) electrons. The van der Waals surface area contributed by atoms with Gasteiger partial charge in [0, 0.05) is 6.54 Å². The fraction of sp³-hybridized carbons (Fsp3) is 0.700. The van der Waals surface area contributed by atoms with Crippen molar-refractivity contribution in [3.8, 4) is 5.75 Å². The van der Waals surface area contributed by atoms with Gasteiger partial charge in [0.15, 0.2) is 0 Å². The van der Waals surface area contributed by atoms with E-state index in [-0.39, 0.29) is 11.0 Å². The molecule has 1 aromatic rings. The quantitative estimate of drug-likeness (QED) is 0.614. The third-order valence-electron chi connectivity index (χ3n) is 3.96. The van der Waals surface area contributed by atoms with Crippen molar-refractivity contribution in [2.24, 2.45) is 5.41 Å². The Kier molecular flexibility index (Phi) is 6.93. The first kappa shape index (κ1) is 19.0. The first-order valence-corrected chi connectivity index (χ1v) is 8.65. The summed E-state index contributed by atoms with van der Waals surface area (Å²) in [5, 5.41) is 0. The van der Waals surface area contributed by atoms with Crippen LogP contribution in [0.1, 0.15) is 59.9 Å². The smallest absolute Gasteiger partial charge is 0.120 e. The predicted octanol–water partition coefficient (Wildman–Crippen LogP) is 5.30. The van der Waals surface area contributed by atoms with Gasteiger partial charge in [-0.15, -0.1) is 0 Å². The monoisotopic (exact) mass is 305 g/mol. The van der Waals surface area contributed by atoms with E-state index in [1.807, 2.05) is 0 Å². The Bertz CT molecular complexity index is 434. The Labute approximate surface area is 137 Å². The van der Waals surface area contributed by atoms with Crippen LogP contribution >= 0.6 is 0 Å². The Morgan fingerprint density at radius 1 is 1.00 bits per heavy atom. The lowest BCUT2D eigenvalue weighted by Gasteiger charge is -2.38. The van der Waals surface area contributed by atoms with Gasteiger partial charge in [-0.1, -0.05) is 45.4 Å². The average molecular weight is 306 g/mol. The van der Waals surface area contributed by atoms with Gasteiger partial charge >= 0.3 is 0 Å². The first-order chi connectivity index (χ1) is 10.2. The second kappa shape index (κ2) is 8.01. The lowest BCUT2D eigenvalue weighted by molar-refractivity contribution is 0.0408. The van der Waals surface area contributed by atoms with Crippen LogP contribution in [-0.2, 0) is 0 Å². The van der Waals surface area contributed by atoms with Crippen molar-refractivity contribution < 1.29 is 4.74 Å². The Balaban J connectivity index is 2.66. The second-order valence-electron chi connectivity index (χ2n) is 7.88. The SMILES string of the molecule is CCCN(CC)CC(C)(C)CC(C)(C)Oc1ccc(C)cc1. The van der Waals surface area contributed by atoms with Crippen molar-refractivity contribution in [2.45, 2.75) is 66.9 Å². The Morgan fingerprint density at radius 2 is 1.59 bits per heavy atom. The summed E-state index contributed by atoms with van der Waals surface area (Å²) in [6.07, 6.45) is 2.25. The number of nitrogens with zero attached hydrogens (tertiary/aromatic N) is 1. The molecule has 0 saturated heterocycles. The molecule has 0 aromatic heterocycles. The minimum absolute atomic E-state index is 0.162. The van der Waals surface area contributed by atoms with Crippen LogP contribution < -0.4 is 4.74 Å². The number of rotatable bonds is 9. The molecule has 2 nitrogen and oxygen atoms in total. The van der Waals surface area contributed by atoms with Crippen LogP contribution in [0.25, 0.3) is 0 Å². The van der Waals surface area contributed by atoms with Gasteiger partial charge in [-0.25, -0.2) is 0 Å².